The molecule has 1 aromatic heterocycles. The molecule has 28 heavy (non-hydrogen) atoms. The molecule has 1 N–H and O–H groups in total. The largest absolute Gasteiger partial charge is 0.481 e. The smallest absolute Gasteiger partial charge is 0.263 e. The SMILES string of the molecule is Cc1ccc(O[C@H](C)C(=O)N2CCCC[C@H]2c2ncc3c(n2)CCNC3)cc1. The number of piperidine rings is 1. The molecule has 0 spiro atoms. The maximum absolute atomic E-state index is 13.2. The van der Waals surface area contributed by atoms with Gasteiger partial charge in [-0.25, -0.2) is 9.97 Å². The van der Waals surface area contributed by atoms with Gasteiger partial charge in [-0.15, -0.1) is 0 Å². The predicted octanol–water partition coefficient (Wildman–Crippen LogP) is 2.95. The van der Waals surface area contributed by atoms with Crippen LogP contribution in [0.25, 0.3) is 0 Å². The molecule has 0 unspecified atom stereocenters. The lowest BCUT2D eigenvalue weighted by Gasteiger charge is -2.36. The maximum Gasteiger partial charge on any atom is 0.263 e. The van der Waals surface area contributed by atoms with Crippen molar-refractivity contribution < 1.29 is 9.53 Å². The van der Waals surface area contributed by atoms with E-state index in [4.69, 9.17) is 9.72 Å². The highest BCUT2D eigenvalue weighted by molar-refractivity contribution is 5.81. The Balaban J connectivity index is 1.51. The second-order valence-electron chi connectivity index (χ2n) is 7.74. The van der Waals surface area contributed by atoms with E-state index in [-0.39, 0.29) is 11.9 Å². The van der Waals surface area contributed by atoms with Gasteiger partial charge in [0.2, 0.25) is 0 Å². The number of likely N-dealkylation sites (tertiary alicyclic amines) is 1. The normalized spacial score (nSPS) is 20.4. The molecular formula is C22H28N4O2. The number of nitrogens with one attached hydrogen (secondary N) is 1. The van der Waals surface area contributed by atoms with E-state index in [1.165, 1.54) is 11.1 Å². The minimum Gasteiger partial charge on any atom is -0.481 e. The van der Waals surface area contributed by atoms with E-state index in [1.54, 1.807) is 0 Å². The van der Waals surface area contributed by atoms with Crippen molar-refractivity contribution in [2.75, 3.05) is 13.1 Å². The first-order valence-corrected chi connectivity index (χ1v) is 10.2. The Morgan fingerprint density at radius 3 is 2.93 bits per heavy atom. The number of carbonyl (C=O) groups excluding carboxylic acids is 1. The molecule has 0 bridgehead atoms. The summed E-state index contributed by atoms with van der Waals surface area (Å²) >= 11 is 0. The molecule has 1 aromatic carbocycles. The number of ether oxygens (including phenoxy) is 1. The van der Waals surface area contributed by atoms with Gasteiger partial charge in [0.25, 0.3) is 5.91 Å². The molecule has 0 aliphatic carbocycles. The third-order valence-corrected chi connectivity index (χ3v) is 5.59. The first-order chi connectivity index (χ1) is 13.6. The molecule has 1 saturated heterocycles. The number of carbonyl (C=O) groups is 1. The van der Waals surface area contributed by atoms with Gasteiger partial charge < -0.3 is 15.0 Å². The standard InChI is InChI=1S/C22H28N4O2/c1-15-6-8-18(9-7-15)28-16(2)22(27)26-12-4-3-5-20(26)21-24-14-17-13-23-11-10-19(17)25-21/h6-9,14,16,20,23H,3-5,10-13H2,1-2H3/t16-,20+/m1/s1. The van der Waals surface area contributed by atoms with Crippen LogP contribution < -0.4 is 10.1 Å². The fourth-order valence-electron chi connectivity index (χ4n) is 3.98. The van der Waals surface area contributed by atoms with E-state index >= 15 is 0 Å². The molecule has 6 nitrogen and oxygen atoms in total. The second kappa shape index (κ2) is 8.27. The molecule has 2 atom stereocenters. The number of nitrogens with zero attached hydrogens (tertiary/aromatic N) is 3. The van der Waals surface area contributed by atoms with E-state index in [0.717, 1.165) is 62.6 Å². The van der Waals surface area contributed by atoms with E-state index < -0.39 is 6.10 Å². The number of fused-ring (bicyclic) bond motifs is 1. The lowest BCUT2D eigenvalue weighted by molar-refractivity contribution is -0.142. The Bertz CT molecular complexity index is 837. The molecule has 0 radical (unpaired) electrons. The van der Waals surface area contributed by atoms with Crippen molar-refractivity contribution in [2.45, 2.75) is 58.2 Å². The van der Waals surface area contributed by atoms with Crippen LogP contribution in [0.15, 0.2) is 30.5 Å². The maximum atomic E-state index is 13.2. The Morgan fingerprint density at radius 1 is 1.29 bits per heavy atom. The zero-order chi connectivity index (χ0) is 19.5. The van der Waals surface area contributed by atoms with Crippen LogP contribution in [0.4, 0.5) is 0 Å². The number of benzene rings is 1. The van der Waals surface area contributed by atoms with Crippen molar-refractivity contribution in [3.63, 3.8) is 0 Å². The Kier molecular flexibility index (Phi) is 5.57. The third-order valence-electron chi connectivity index (χ3n) is 5.59. The average molecular weight is 380 g/mol. The molecule has 1 amide bonds. The highest BCUT2D eigenvalue weighted by Gasteiger charge is 2.33. The predicted molar refractivity (Wildman–Crippen MR) is 107 cm³/mol. The van der Waals surface area contributed by atoms with E-state index in [2.05, 4.69) is 10.3 Å². The van der Waals surface area contributed by atoms with Gasteiger partial charge in [-0.1, -0.05) is 17.7 Å². The van der Waals surface area contributed by atoms with Gasteiger partial charge in [0.15, 0.2) is 11.9 Å². The first kappa shape index (κ1) is 18.9. The summed E-state index contributed by atoms with van der Waals surface area (Å²) in [6.45, 7) is 6.36. The molecule has 2 aliphatic heterocycles. The Morgan fingerprint density at radius 2 is 2.11 bits per heavy atom. The summed E-state index contributed by atoms with van der Waals surface area (Å²) in [6.07, 6.45) is 5.30. The van der Waals surface area contributed by atoms with Gasteiger partial charge in [-0.3, -0.25) is 4.79 Å². The number of aryl methyl sites for hydroxylation is 1. The van der Waals surface area contributed by atoms with Crippen LogP contribution in [0.3, 0.4) is 0 Å². The summed E-state index contributed by atoms with van der Waals surface area (Å²) in [5.74, 6) is 1.50. The van der Waals surface area contributed by atoms with Gasteiger partial charge in [0.05, 0.1) is 6.04 Å². The molecule has 4 rings (SSSR count). The van der Waals surface area contributed by atoms with E-state index in [1.807, 2.05) is 49.2 Å². The van der Waals surface area contributed by atoms with Gasteiger partial charge >= 0.3 is 0 Å². The van der Waals surface area contributed by atoms with Crippen molar-refractivity contribution in [1.82, 2.24) is 20.2 Å². The van der Waals surface area contributed by atoms with Gasteiger partial charge in [0, 0.05) is 43.5 Å². The van der Waals surface area contributed by atoms with Gasteiger partial charge in [-0.2, -0.15) is 0 Å². The molecule has 6 heteroatoms. The fourth-order valence-corrected chi connectivity index (χ4v) is 3.98. The number of aromatic nitrogens is 2. The molecule has 148 valence electrons. The van der Waals surface area contributed by atoms with Gasteiger partial charge in [0.1, 0.15) is 5.75 Å². The van der Waals surface area contributed by atoms with E-state index in [0.29, 0.717) is 0 Å². The summed E-state index contributed by atoms with van der Waals surface area (Å²) in [6, 6.07) is 7.74. The Hall–Kier alpha value is -2.47. The Labute approximate surface area is 166 Å². The summed E-state index contributed by atoms with van der Waals surface area (Å²) in [7, 11) is 0. The van der Waals surface area contributed by atoms with Crippen molar-refractivity contribution in [3.05, 3.63) is 53.1 Å². The molecule has 2 aliphatic rings. The molecule has 0 saturated carbocycles. The van der Waals surface area contributed by atoms with Crippen LogP contribution in [0, 0.1) is 6.92 Å². The fraction of sp³-hybridized carbons (Fsp3) is 0.500. The minimum atomic E-state index is -0.537. The monoisotopic (exact) mass is 380 g/mol. The first-order valence-electron chi connectivity index (χ1n) is 10.2. The molecule has 3 heterocycles. The van der Waals surface area contributed by atoms with Crippen LogP contribution in [-0.2, 0) is 17.8 Å². The van der Waals surface area contributed by atoms with E-state index in [9.17, 15) is 4.79 Å². The minimum absolute atomic E-state index is 0.00765. The molecule has 2 aromatic rings. The topological polar surface area (TPSA) is 67.3 Å². The van der Waals surface area contributed by atoms with Crippen LogP contribution >= 0.6 is 0 Å². The van der Waals surface area contributed by atoms with Crippen LogP contribution in [0.2, 0.25) is 0 Å². The van der Waals surface area contributed by atoms with Crippen molar-refractivity contribution >= 4 is 5.91 Å². The highest BCUT2D eigenvalue weighted by atomic mass is 16.5. The molecular weight excluding hydrogens is 352 g/mol. The van der Waals surface area contributed by atoms with Crippen LogP contribution in [0.5, 0.6) is 5.75 Å². The van der Waals surface area contributed by atoms with Crippen LogP contribution in [0.1, 0.15) is 54.9 Å². The number of hydrogen-bond acceptors (Lipinski definition) is 5. The highest BCUT2D eigenvalue weighted by Crippen LogP contribution is 2.30. The zero-order valence-corrected chi connectivity index (χ0v) is 16.6. The summed E-state index contributed by atoms with van der Waals surface area (Å²) in [5.41, 5.74) is 3.45. The van der Waals surface area contributed by atoms with Crippen molar-refractivity contribution in [1.29, 1.82) is 0 Å². The zero-order valence-electron chi connectivity index (χ0n) is 16.6. The summed E-state index contributed by atoms with van der Waals surface area (Å²) in [5, 5.41) is 3.35. The number of rotatable bonds is 4. The summed E-state index contributed by atoms with van der Waals surface area (Å²) < 4.78 is 5.92. The lowest BCUT2D eigenvalue weighted by atomic mass is 10.00. The third kappa shape index (κ3) is 4.02. The quantitative estimate of drug-likeness (QED) is 0.883. The average Bonchev–Trinajstić information content (AvgIpc) is 2.74. The number of amides is 1. The lowest BCUT2D eigenvalue weighted by Crippen LogP contribution is -2.45. The van der Waals surface area contributed by atoms with Crippen LogP contribution in [-0.4, -0.2) is 40.0 Å². The van der Waals surface area contributed by atoms with Crippen molar-refractivity contribution in [3.8, 4) is 5.75 Å². The van der Waals surface area contributed by atoms with Gasteiger partial charge in [-0.05, 0) is 45.2 Å². The number of hydrogen-bond donors (Lipinski definition) is 1. The summed E-state index contributed by atoms with van der Waals surface area (Å²) in [4.78, 5) is 24.6. The molecule has 1 fully saturated rings. The second-order valence-corrected chi connectivity index (χ2v) is 7.74. The van der Waals surface area contributed by atoms with Crippen molar-refractivity contribution in [2.24, 2.45) is 0 Å².